The van der Waals surface area contributed by atoms with Crippen molar-refractivity contribution in [3.63, 3.8) is 0 Å². The number of aliphatic hydroxyl groups excluding tert-OH is 1. The van der Waals surface area contributed by atoms with Gasteiger partial charge in [-0.05, 0) is 104 Å². The predicted octanol–water partition coefficient (Wildman–Crippen LogP) is 6.41. The molecule has 0 rings (SSSR count). The number of hydrogen-bond acceptors (Lipinski definition) is 8. The molecule has 0 aromatic carbocycles. The van der Waals surface area contributed by atoms with E-state index in [9.17, 15) is 9.90 Å². The third kappa shape index (κ3) is 18.6. The number of ether oxygens (including phenoxy) is 2. The summed E-state index contributed by atoms with van der Waals surface area (Å²) in [5.41, 5.74) is -0.388. The van der Waals surface area contributed by atoms with E-state index in [2.05, 4.69) is 92.1 Å². The van der Waals surface area contributed by atoms with E-state index in [-0.39, 0.29) is 19.1 Å². The van der Waals surface area contributed by atoms with Gasteiger partial charge in [0.2, 0.25) is 0 Å². The van der Waals surface area contributed by atoms with Crippen LogP contribution in [0.1, 0.15) is 33.1 Å². The summed E-state index contributed by atoms with van der Waals surface area (Å²) in [6.07, 6.45) is 1.63. The largest absolute Gasteiger partial charge is 0.460 e. The molecule has 0 aliphatic rings. The van der Waals surface area contributed by atoms with E-state index in [0.29, 0.717) is 12.2 Å². The summed E-state index contributed by atoms with van der Waals surface area (Å²) >= 11 is 0. The SMILES string of the molecule is C=C(C)C(=O)OCC(O)COCCC[SiH](C(O[Si](C)(C)C)O[Si](C)(C)C)C(CCC)(O[Si](C)(C)C)O[Si](C)(C)C. The number of carbonyl (C=O) groups excluding carboxylic acids is 1. The van der Waals surface area contributed by atoms with E-state index in [4.69, 9.17) is 27.2 Å². The second-order valence-electron chi connectivity index (χ2n) is 14.7. The molecule has 0 heterocycles. The van der Waals surface area contributed by atoms with E-state index < -0.39 is 59.5 Å². The summed E-state index contributed by atoms with van der Waals surface area (Å²) in [6.45, 7) is 34.4. The van der Waals surface area contributed by atoms with Gasteiger partial charge >= 0.3 is 5.97 Å². The van der Waals surface area contributed by atoms with Gasteiger partial charge in [0, 0.05) is 12.2 Å². The second kappa shape index (κ2) is 16.8. The fourth-order valence-electron chi connectivity index (χ4n) is 4.26. The van der Waals surface area contributed by atoms with Gasteiger partial charge in [-0.2, -0.15) is 0 Å². The molecule has 0 bridgehead atoms. The Bertz CT molecular complexity index is 737. The summed E-state index contributed by atoms with van der Waals surface area (Å²) in [6, 6.07) is 0.856. The maximum Gasteiger partial charge on any atom is 0.333 e. The Balaban J connectivity index is 6.14. The van der Waals surface area contributed by atoms with Crippen molar-refractivity contribution in [2.75, 3.05) is 19.8 Å². The molecule has 0 spiro atoms. The fraction of sp³-hybridized carbons (Fsp3) is 0.889. The number of aliphatic hydroxyl groups is 1. The summed E-state index contributed by atoms with van der Waals surface area (Å²) in [4.78, 5) is 11.6. The van der Waals surface area contributed by atoms with Gasteiger partial charge in [-0.25, -0.2) is 4.79 Å². The molecule has 0 saturated carbocycles. The smallest absolute Gasteiger partial charge is 0.333 e. The normalized spacial score (nSPS) is 15.3. The third-order valence-corrected chi connectivity index (χ3v) is 13.7. The zero-order valence-electron chi connectivity index (χ0n) is 28.2. The third-order valence-electron chi connectivity index (χ3n) is 5.26. The first-order chi connectivity index (χ1) is 17.9. The molecule has 238 valence electrons. The summed E-state index contributed by atoms with van der Waals surface area (Å²) < 4.78 is 38.9. The Morgan fingerprint density at radius 3 is 1.70 bits per heavy atom. The molecule has 0 aliphatic heterocycles. The molecule has 8 nitrogen and oxygen atoms in total. The van der Waals surface area contributed by atoms with Gasteiger partial charge in [0.15, 0.2) is 42.1 Å². The fourth-order valence-corrected chi connectivity index (χ4v) is 17.8. The first-order valence-electron chi connectivity index (χ1n) is 14.7. The summed E-state index contributed by atoms with van der Waals surface area (Å²) in [5, 5.41) is 10.2. The minimum absolute atomic E-state index is 0.0901. The second-order valence-corrected chi connectivity index (χ2v) is 35.7. The molecule has 40 heavy (non-hydrogen) atoms. The van der Waals surface area contributed by atoms with Crippen LogP contribution in [-0.2, 0) is 32.0 Å². The topological polar surface area (TPSA) is 92.7 Å². The molecule has 0 amide bonds. The van der Waals surface area contributed by atoms with E-state index >= 15 is 0 Å². The molecular formula is C27H62O8Si5. The Hall–Kier alpha value is 0.0544. The van der Waals surface area contributed by atoms with Crippen molar-refractivity contribution >= 4 is 48.0 Å². The van der Waals surface area contributed by atoms with Crippen molar-refractivity contribution in [1.29, 1.82) is 0 Å². The number of rotatable bonds is 21. The maximum absolute atomic E-state index is 11.6. The molecule has 0 fully saturated rings. The van der Waals surface area contributed by atoms with Crippen molar-refractivity contribution in [3.8, 4) is 0 Å². The molecule has 13 heteroatoms. The zero-order chi connectivity index (χ0) is 31.6. The maximum atomic E-state index is 11.6. The molecule has 2 atom stereocenters. The van der Waals surface area contributed by atoms with Crippen LogP contribution < -0.4 is 0 Å². The van der Waals surface area contributed by atoms with Crippen molar-refractivity contribution in [2.24, 2.45) is 0 Å². The van der Waals surface area contributed by atoms with Crippen molar-refractivity contribution in [2.45, 2.75) is 135 Å². The van der Waals surface area contributed by atoms with Gasteiger partial charge < -0.3 is 32.3 Å². The van der Waals surface area contributed by atoms with Gasteiger partial charge in [-0.3, -0.25) is 0 Å². The lowest BCUT2D eigenvalue weighted by molar-refractivity contribution is -0.143. The number of hydrogen-bond donors (Lipinski definition) is 1. The van der Waals surface area contributed by atoms with Gasteiger partial charge in [0.05, 0.1) is 6.61 Å². The molecule has 0 saturated heterocycles. The van der Waals surface area contributed by atoms with E-state index in [1.807, 2.05) is 0 Å². The molecule has 0 aromatic heterocycles. The Labute approximate surface area is 251 Å². The van der Waals surface area contributed by atoms with E-state index in [1.54, 1.807) is 6.92 Å². The Kier molecular flexibility index (Phi) is 16.8. The van der Waals surface area contributed by atoms with Crippen LogP contribution in [0, 0.1) is 0 Å². The summed E-state index contributed by atoms with van der Waals surface area (Å²) in [7, 11) is -10.1. The van der Waals surface area contributed by atoms with Crippen LogP contribution in [0.15, 0.2) is 12.2 Å². The lowest BCUT2D eigenvalue weighted by Gasteiger charge is -2.50. The lowest BCUT2D eigenvalue weighted by atomic mass is 10.3. The van der Waals surface area contributed by atoms with Crippen LogP contribution in [0.25, 0.3) is 0 Å². The van der Waals surface area contributed by atoms with Crippen LogP contribution in [-0.4, -0.2) is 90.4 Å². The van der Waals surface area contributed by atoms with E-state index in [1.165, 1.54) is 0 Å². The summed E-state index contributed by atoms with van der Waals surface area (Å²) in [5.74, 6) is -0.828. The first-order valence-corrected chi connectivity index (χ1v) is 30.4. The van der Waals surface area contributed by atoms with Crippen molar-refractivity contribution in [3.05, 3.63) is 12.2 Å². The van der Waals surface area contributed by atoms with Crippen LogP contribution in [0.3, 0.4) is 0 Å². The van der Waals surface area contributed by atoms with Crippen LogP contribution in [0.4, 0.5) is 0 Å². The predicted molar refractivity (Wildman–Crippen MR) is 178 cm³/mol. The van der Waals surface area contributed by atoms with Crippen LogP contribution in [0.2, 0.25) is 84.6 Å². The Morgan fingerprint density at radius 2 is 1.32 bits per heavy atom. The molecule has 0 aromatic rings. The molecule has 2 unspecified atom stereocenters. The quantitative estimate of drug-likeness (QED) is 0.0499. The average Bonchev–Trinajstić information content (AvgIpc) is 2.69. The standard InChI is InChI=1S/C27H62O8Si5/c1-16-18-27(34-39(10,11)12,35-40(13,14)15)36(26(32-37(4,5)6)33-38(7,8)9)20-17-19-30-21-24(28)22-31-25(29)23(2)3/h24,26,28,36H,2,16-22H2,1,3-15H3. The lowest BCUT2D eigenvalue weighted by Crippen LogP contribution is -2.65. The highest BCUT2D eigenvalue weighted by molar-refractivity contribution is 6.76. The molecular weight excluding hydrogens is 593 g/mol. The van der Waals surface area contributed by atoms with Gasteiger partial charge in [-0.1, -0.05) is 19.9 Å². The zero-order valence-corrected chi connectivity index (χ0v) is 33.3. The minimum Gasteiger partial charge on any atom is -0.460 e. The first kappa shape index (κ1) is 40.1. The van der Waals surface area contributed by atoms with Crippen molar-refractivity contribution in [1.82, 2.24) is 0 Å². The van der Waals surface area contributed by atoms with Crippen LogP contribution >= 0.6 is 0 Å². The molecule has 0 radical (unpaired) electrons. The molecule has 1 N–H and O–H groups in total. The van der Waals surface area contributed by atoms with Gasteiger partial charge in [0.1, 0.15) is 24.0 Å². The highest BCUT2D eigenvalue weighted by Crippen LogP contribution is 2.37. The Morgan fingerprint density at radius 1 is 0.850 bits per heavy atom. The highest BCUT2D eigenvalue weighted by atomic mass is 28.4. The molecule has 0 aliphatic carbocycles. The number of esters is 1. The monoisotopic (exact) mass is 654 g/mol. The van der Waals surface area contributed by atoms with Crippen LogP contribution in [0.5, 0.6) is 0 Å². The minimum atomic E-state index is -2.09. The van der Waals surface area contributed by atoms with Gasteiger partial charge in [-0.15, -0.1) is 0 Å². The number of carbonyl (C=O) groups is 1. The van der Waals surface area contributed by atoms with Gasteiger partial charge in [0.25, 0.3) is 0 Å². The van der Waals surface area contributed by atoms with Crippen molar-refractivity contribution < 1.29 is 37.1 Å². The average molecular weight is 655 g/mol. The van der Waals surface area contributed by atoms with E-state index in [0.717, 1.165) is 25.3 Å². The highest BCUT2D eigenvalue weighted by Gasteiger charge is 2.52.